The van der Waals surface area contributed by atoms with E-state index in [2.05, 4.69) is 10.1 Å². The van der Waals surface area contributed by atoms with E-state index < -0.39 is 0 Å². The van der Waals surface area contributed by atoms with Gasteiger partial charge in [-0.3, -0.25) is 4.79 Å². The molecule has 0 spiro atoms. The van der Waals surface area contributed by atoms with Crippen LogP contribution in [0.5, 0.6) is 0 Å². The molecule has 3 rings (SSSR count). The molecule has 3 heterocycles. The second-order valence-electron chi connectivity index (χ2n) is 5.73. The normalized spacial score (nSPS) is 16.6. The number of nitrogens with zero attached hydrogens (tertiary/aromatic N) is 4. The third-order valence-corrected chi connectivity index (χ3v) is 4.24. The standard InChI is InChI=1S/C15H20N4O2/c1-10-7-14-16-8-13(11(2)19(14)17-10)15(21)18-5-3-12(9-20)4-6-18/h7-8,12,20H,3-6,9H2,1-2H3. The van der Waals surface area contributed by atoms with Gasteiger partial charge in [-0.2, -0.15) is 5.10 Å². The molecule has 0 unspecified atom stereocenters. The van der Waals surface area contributed by atoms with E-state index in [1.807, 2.05) is 24.8 Å². The predicted molar refractivity (Wildman–Crippen MR) is 78.2 cm³/mol. The fraction of sp³-hybridized carbons (Fsp3) is 0.533. The minimum absolute atomic E-state index is 0.00597. The highest BCUT2D eigenvalue weighted by molar-refractivity contribution is 5.95. The van der Waals surface area contributed by atoms with E-state index >= 15 is 0 Å². The van der Waals surface area contributed by atoms with E-state index in [-0.39, 0.29) is 12.5 Å². The fourth-order valence-corrected chi connectivity index (χ4v) is 2.86. The molecule has 1 N–H and O–H groups in total. The molecule has 2 aromatic rings. The molecule has 1 aliphatic heterocycles. The largest absolute Gasteiger partial charge is 0.396 e. The van der Waals surface area contributed by atoms with Gasteiger partial charge in [0, 0.05) is 32.0 Å². The number of aryl methyl sites for hydroxylation is 2. The van der Waals surface area contributed by atoms with E-state index in [0.717, 1.165) is 29.9 Å². The SMILES string of the molecule is Cc1cc2ncc(C(=O)N3CCC(CO)CC3)c(C)n2n1. The number of carbonyl (C=O) groups excluding carboxylic acids is 1. The first kappa shape index (κ1) is 14.0. The first-order valence-corrected chi connectivity index (χ1v) is 7.32. The molecule has 6 nitrogen and oxygen atoms in total. The molecule has 112 valence electrons. The van der Waals surface area contributed by atoms with E-state index in [1.165, 1.54) is 0 Å². The Hall–Kier alpha value is -1.95. The van der Waals surface area contributed by atoms with Crippen molar-refractivity contribution in [2.24, 2.45) is 5.92 Å². The van der Waals surface area contributed by atoms with Gasteiger partial charge in [0.25, 0.3) is 5.91 Å². The quantitative estimate of drug-likeness (QED) is 0.901. The van der Waals surface area contributed by atoms with Gasteiger partial charge in [0.15, 0.2) is 5.65 Å². The highest BCUT2D eigenvalue weighted by Crippen LogP contribution is 2.20. The van der Waals surface area contributed by atoms with Crippen molar-refractivity contribution in [3.63, 3.8) is 0 Å². The van der Waals surface area contributed by atoms with Crippen LogP contribution in [0.1, 0.15) is 34.6 Å². The lowest BCUT2D eigenvalue weighted by atomic mass is 9.97. The Labute approximate surface area is 123 Å². The van der Waals surface area contributed by atoms with Crippen LogP contribution in [0, 0.1) is 19.8 Å². The zero-order valence-corrected chi connectivity index (χ0v) is 12.4. The smallest absolute Gasteiger partial charge is 0.257 e. The zero-order chi connectivity index (χ0) is 15.0. The molecule has 1 saturated heterocycles. The molecule has 0 aromatic carbocycles. The molecular formula is C15H20N4O2. The second-order valence-corrected chi connectivity index (χ2v) is 5.73. The minimum atomic E-state index is 0.00597. The Morgan fingerprint density at radius 3 is 2.76 bits per heavy atom. The lowest BCUT2D eigenvalue weighted by Crippen LogP contribution is -2.39. The molecule has 1 aliphatic rings. The summed E-state index contributed by atoms with van der Waals surface area (Å²) in [6.45, 7) is 5.41. The van der Waals surface area contributed by atoms with Crippen LogP contribution in [-0.4, -0.2) is 50.2 Å². The number of rotatable bonds is 2. The van der Waals surface area contributed by atoms with Crippen LogP contribution >= 0.6 is 0 Å². The minimum Gasteiger partial charge on any atom is -0.396 e. The van der Waals surface area contributed by atoms with Gasteiger partial charge < -0.3 is 10.0 Å². The predicted octanol–water partition coefficient (Wildman–Crippen LogP) is 1.19. The number of hydrogen-bond donors (Lipinski definition) is 1. The summed E-state index contributed by atoms with van der Waals surface area (Å²) in [6, 6.07) is 1.90. The number of hydrogen-bond acceptors (Lipinski definition) is 4. The van der Waals surface area contributed by atoms with Crippen molar-refractivity contribution in [1.29, 1.82) is 0 Å². The van der Waals surface area contributed by atoms with Crippen molar-refractivity contribution >= 4 is 11.6 Å². The summed E-state index contributed by atoms with van der Waals surface area (Å²) in [7, 11) is 0. The molecule has 1 fully saturated rings. The topological polar surface area (TPSA) is 70.7 Å². The molecular weight excluding hydrogens is 268 g/mol. The van der Waals surface area contributed by atoms with Gasteiger partial charge in [-0.15, -0.1) is 0 Å². The summed E-state index contributed by atoms with van der Waals surface area (Å²) >= 11 is 0. The fourth-order valence-electron chi connectivity index (χ4n) is 2.86. The van der Waals surface area contributed by atoms with E-state index in [0.29, 0.717) is 24.6 Å². The number of carbonyl (C=O) groups is 1. The lowest BCUT2D eigenvalue weighted by molar-refractivity contribution is 0.0649. The number of aliphatic hydroxyl groups is 1. The molecule has 6 heteroatoms. The second kappa shape index (κ2) is 5.44. The van der Waals surface area contributed by atoms with Gasteiger partial charge >= 0.3 is 0 Å². The van der Waals surface area contributed by atoms with Gasteiger partial charge in [-0.05, 0) is 32.6 Å². The van der Waals surface area contributed by atoms with E-state index in [4.69, 9.17) is 0 Å². The highest BCUT2D eigenvalue weighted by atomic mass is 16.3. The first-order valence-electron chi connectivity index (χ1n) is 7.32. The van der Waals surface area contributed by atoms with Gasteiger partial charge in [0.05, 0.1) is 17.0 Å². The van der Waals surface area contributed by atoms with Crippen molar-refractivity contribution in [3.8, 4) is 0 Å². The summed E-state index contributed by atoms with van der Waals surface area (Å²) < 4.78 is 1.73. The Kier molecular flexibility index (Phi) is 3.63. The summed E-state index contributed by atoms with van der Waals surface area (Å²) in [5.74, 6) is 0.330. The Morgan fingerprint density at radius 2 is 2.10 bits per heavy atom. The van der Waals surface area contributed by atoms with Crippen LogP contribution in [0.25, 0.3) is 5.65 Å². The average Bonchev–Trinajstić information content (AvgIpc) is 2.89. The van der Waals surface area contributed by atoms with Crippen LogP contribution in [0.2, 0.25) is 0 Å². The highest BCUT2D eigenvalue weighted by Gasteiger charge is 2.25. The zero-order valence-electron chi connectivity index (χ0n) is 12.4. The third-order valence-electron chi connectivity index (χ3n) is 4.24. The molecule has 0 saturated carbocycles. The molecule has 0 atom stereocenters. The number of aliphatic hydroxyl groups excluding tert-OH is 1. The maximum Gasteiger partial charge on any atom is 0.257 e. The molecule has 1 amide bonds. The Bertz CT molecular complexity index is 672. The van der Waals surface area contributed by atoms with Crippen molar-refractivity contribution in [3.05, 3.63) is 29.2 Å². The van der Waals surface area contributed by atoms with Gasteiger partial charge in [-0.25, -0.2) is 9.50 Å². The summed E-state index contributed by atoms with van der Waals surface area (Å²) in [5.41, 5.74) is 3.08. The van der Waals surface area contributed by atoms with Crippen LogP contribution in [0.15, 0.2) is 12.3 Å². The summed E-state index contributed by atoms with van der Waals surface area (Å²) in [4.78, 5) is 18.8. The number of piperidine rings is 1. The molecule has 0 bridgehead atoms. The monoisotopic (exact) mass is 288 g/mol. The third kappa shape index (κ3) is 2.51. The number of likely N-dealkylation sites (tertiary alicyclic amines) is 1. The van der Waals surface area contributed by atoms with Crippen molar-refractivity contribution < 1.29 is 9.90 Å². The van der Waals surface area contributed by atoms with Crippen LogP contribution in [0.4, 0.5) is 0 Å². The Morgan fingerprint density at radius 1 is 1.38 bits per heavy atom. The summed E-state index contributed by atoms with van der Waals surface area (Å²) in [5, 5.41) is 13.5. The number of amides is 1. The molecule has 2 aromatic heterocycles. The lowest BCUT2D eigenvalue weighted by Gasteiger charge is -2.31. The summed E-state index contributed by atoms with van der Waals surface area (Å²) in [6.07, 6.45) is 3.36. The molecule has 21 heavy (non-hydrogen) atoms. The van der Waals surface area contributed by atoms with Crippen molar-refractivity contribution in [2.75, 3.05) is 19.7 Å². The maximum absolute atomic E-state index is 12.6. The van der Waals surface area contributed by atoms with Crippen LogP contribution < -0.4 is 0 Å². The molecule has 0 radical (unpaired) electrons. The van der Waals surface area contributed by atoms with Crippen LogP contribution in [-0.2, 0) is 0 Å². The average molecular weight is 288 g/mol. The number of aromatic nitrogens is 3. The maximum atomic E-state index is 12.6. The molecule has 0 aliphatic carbocycles. The van der Waals surface area contributed by atoms with Crippen LogP contribution in [0.3, 0.4) is 0 Å². The van der Waals surface area contributed by atoms with Gasteiger partial charge in [0.2, 0.25) is 0 Å². The van der Waals surface area contributed by atoms with Crippen molar-refractivity contribution in [1.82, 2.24) is 19.5 Å². The number of fused-ring (bicyclic) bond motifs is 1. The van der Waals surface area contributed by atoms with Gasteiger partial charge in [-0.1, -0.05) is 0 Å². The van der Waals surface area contributed by atoms with Gasteiger partial charge in [0.1, 0.15) is 0 Å². The van der Waals surface area contributed by atoms with Crippen molar-refractivity contribution in [2.45, 2.75) is 26.7 Å². The Balaban J connectivity index is 1.86. The first-order chi connectivity index (χ1) is 10.1. The van der Waals surface area contributed by atoms with E-state index in [1.54, 1.807) is 10.7 Å². The van der Waals surface area contributed by atoms with E-state index in [9.17, 15) is 9.90 Å².